The van der Waals surface area contributed by atoms with Gasteiger partial charge < -0.3 is 4.74 Å². The van der Waals surface area contributed by atoms with Crippen molar-refractivity contribution in [3.63, 3.8) is 0 Å². The van der Waals surface area contributed by atoms with Gasteiger partial charge in [-0.25, -0.2) is 4.68 Å². The molecule has 2 rings (SSSR count). The van der Waals surface area contributed by atoms with E-state index < -0.39 is 0 Å². The number of carbonyl (C=O) groups excluding carboxylic acids is 1. The van der Waals surface area contributed by atoms with Gasteiger partial charge in [0, 0.05) is 5.02 Å². The molecule has 1 aromatic heterocycles. The molecule has 19 heavy (non-hydrogen) atoms. The number of ether oxygens (including phenoxy) is 1. The molecule has 0 saturated heterocycles. The van der Waals surface area contributed by atoms with Gasteiger partial charge in [-0.1, -0.05) is 28.0 Å². The molecule has 0 aliphatic heterocycles. The van der Waals surface area contributed by atoms with E-state index in [0.717, 1.165) is 0 Å². The van der Waals surface area contributed by atoms with Crippen LogP contribution >= 0.6 is 11.6 Å². The highest BCUT2D eigenvalue weighted by Gasteiger charge is 2.23. The highest BCUT2D eigenvalue weighted by molar-refractivity contribution is 6.30. The van der Waals surface area contributed by atoms with Crippen LogP contribution in [0.3, 0.4) is 0 Å². The minimum Gasteiger partial charge on any atom is -0.436 e. The highest BCUT2D eigenvalue weighted by Crippen LogP contribution is 2.26. The second kappa shape index (κ2) is 5.01. The minimum absolute atomic E-state index is 0.173. The summed E-state index contributed by atoms with van der Waals surface area (Å²) in [7, 11) is 0. The lowest BCUT2D eigenvalue weighted by molar-refractivity contribution is 0.110. The van der Waals surface area contributed by atoms with E-state index in [1.54, 1.807) is 24.3 Å². The summed E-state index contributed by atoms with van der Waals surface area (Å²) in [6.45, 7) is 5.79. The van der Waals surface area contributed by atoms with E-state index in [1.165, 1.54) is 4.68 Å². The quantitative estimate of drug-likeness (QED) is 0.809. The number of benzene rings is 1. The van der Waals surface area contributed by atoms with E-state index in [9.17, 15) is 4.79 Å². The number of rotatable bonds is 3. The molecule has 0 aliphatic rings. The van der Waals surface area contributed by atoms with Gasteiger partial charge >= 0.3 is 0 Å². The topological polar surface area (TPSA) is 57.0 Å². The van der Waals surface area contributed by atoms with E-state index in [-0.39, 0.29) is 11.4 Å². The molecule has 1 heterocycles. The minimum atomic E-state index is -0.348. The molecule has 0 unspecified atom stereocenters. The molecule has 0 N–H and O–H groups in total. The molecule has 0 bridgehead atoms. The van der Waals surface area contributed by atoms with Crippen molar-refractivity contribution < 1.29 is 9.53 Å². The zero-order chi connectivity index (χ0) is 14.0. The van der Waals surface area contributed by atoms with Gasteiger partial charge in [0.15, 0.2) is 12.0 Å². The van der Waals surface area contributed by atoms with Gasteiger partial charge in [-0.3, -0.25) is 4.79 Å². The van der Waals surface area contributed by atoms with E-state index in [4.69, 9.17) is 16.3 Å². The van der Waals surface area contributed by atoms with Gasteiger partial charge in [0.25, 0.3) is 5.88 Å². The Kier molecular flexibility index (Phi) is 3.57. The van der Waals surface area contributed by atoms with Crippen LogP contribution in [0.5, 0.6) is 11.6 Å². The number of aldehydes is 1. The Balaban J connectivity index is 2.36. The van der Waals surface area contributed by atoms with Gasteiger partial charge in [-0.05, 0) is 39.0 Å². The van der Waals surface area contributed by atoms with Gasteiger partial charge in [0.05, 0.1) is 5.54 Å². The summed E-state index contributed by atoms with van der Waals surface area (Å²) in [5.41, 5.74) is -0.0494. The monoisotopic (exact) mass is 279 g/mol. The van der Waals surface area contributed by atoms with Crippen LogP contribution in [0.1, 0.15) is 31.3 Å². The lowest BCUT2D eigenvalue weighted by Gasteiger charge is -2.19. The molecule has 1 aromatic carbocycles. The zero-order valence-electron chi connectivity index (χ0n) is 10.9. The third kappa shape index (κ3) is 2.93. The SMILES string of the molecule is CC(C)(C)n1nnc(Oc2cccc(Cl)c2)c1C=O. The second-order valence-corrected chi connectivity index (χ2v) is 5.48. The first-order valence-corrected chi connectivity index (χ1v) is 6.14. The molecular weight excluding hydrogens is 266 g/mol. The van der Waals surface area contributed by atoms with Crippen molar-refractivity contribution in [3.05, 3.63) is 35.0 Å². The summed E-state index contributed by atoms with van der Waals surface area (Å²) in [6, 6.07) is 6.87. The Morgan fingerprint density at radius 3 is 2.68 bits per heavy atom. The van der Waals surface area contributed by atoms with Crippen molar-refractivity contribution in [2.75, 3.05) is 0 Å². The van der Waals surface area contributed by atoms with Crippen LogP contribution in [0.15, 0.2) is 24.3 Å². The zero-order valence-corrected chi connectivity index (χ0v) is 11.7. The number of hydrogen-bond acceptors (Lipinski definition) is 4. The maximum Gasteiger partial charge on any atom is 0.269 e. The summed E-state index contributed by atoms with van der Waals surface area (Å²) >= 11 is 5.87. The number of nitrogens with zero attached hydrogens (tertiary/aromatic N) is 3. The third-order valence-corrected chi connectivity index (χ3v) is 2.67. The van der Waals surface area contributed by atoms with Crippen LogP contribution in [-0.4, -0.2) is 21.3 Å². The lowest BCUT2D eigenvalue weighted by Crippen LogP contribution is -2.25. The second-order valence-electron chi connectivity index (χ2n) is 5.04. The molecule has 0 radical (unpaired) electrons. The van der Waals surface area contributed by atoms with Crippen molar-refractivity contribution in [3.8, 4) is 11.6 Å². The average Bonchev–Trinajstić information content (AvgIpc) is 2.71. The number of hydrogen-bond donors (Lipinski definition) is 0. The van der Waals surface area contributed by atoms with Gasteiger partial charge in [-0.15, -0.1) is 0 Å². The molecule has 0 fully saturated rings. The van der Waals surface area contributed by atoms with Crippen LogP contribution in [0.4, 0.5) is 0 Å². The largest absolute Gasteiger partial charge is 0.436 e. The molecule has 2 aromatic rings. The Morgan fingerprint density at radius 2 is 2.11 bits per heavy atom. The van der Waals surface area contributed by atoms with Gasteiger partial charge in [-0.2, -0.15) is 0 Å². The molecule has 5 nitrogen and oxygen atoms in total. The maximum atomic E-state index is 11.2. The first kappa shape index (κ1) is 13.5. The molecule has 0 atom stereocenters. The Morgan fingerprint density at radius 1 is 1.37 bits per heavy atom. The van der Waals surface area contributed by atoms with Crippen LogP contribution in [0.25, 0.3) is 0 Å². The Labute approximate surface area is 116 Å². The van der Waals surface area contributed by atoms with Crippen LogP contribution in [0, 0.1) is 0 Å². The average molecular weight is 280 g/mol. The lowest BCUT2D eigenvalue weighted by atomic mass is 10.1. The Hall–Kier alpha value is -1.88. The normalized spacial score (nSPS) is 11.4. The fraction of sp³-hybridized carbons (Fsp3) is 0.308. The van der Waals surface area contributed by atoms with Crippen molar-refractivity contribution >= 4 is 17.9 Å². The summed E-state index contributed by atoms with van der Waals surface area (Å²) < 4.78 is 7.07. The molecule has 6 heteroatoms. The van der Waals surface area contributed by atoms with Crippen molar-refractivity contribution in [1.82, 2.24) is 15.0 Å². The molecule has 0 spiro atoms. The third-order valence-electron chi connectivity index (χ3n) is 2.43. The summed E-state index contributed by atoms with van der Waals surface area (Å²) in [5.74, 6) is 0.684. The number of halogens is 1. The van der Waals surface area contributed by atoms with E-state index in [0.29, 0.717) is 22.8 Å². The van der Waals surface area contributed by atoms with Crippen LogP contribution < -0.4 is 4.74 Å². The molecular formula is C13H14ClN3O2. The number of carbonyl (C=O) groups is 1. The van der Waals surface area contributed by atoms with Crippen LogP contribution in [0.2, 0.25) is 5.02 Å². The standard InChI is InChI=1S/C13H14ClN3O2/c1-13(2,3)17-11(8-18)12(15-16-17)19-10-6-4-5-9(14)7-10/h4-8H,1-3H3. The highest BCUT2D eigenvalue weighted by atomic mass is 35.5. The Bertz CT molecular complexity index is 602. The molecule has 0 saturated carbocycles. The van der Waals surface area contributed by atoms with Gasteiger partial charge in [0.2, 0.25) is 0 Å². The van der Waals surface area contributed by atoms with Gasteiger partial charge in [0.1, 0.15) is 5.75 Å². The summed E-state index contributed by atoms with van der Waals surface area (Å²) in [4.78, 5) is 11.2. The first-order chi connectivity index (χ1) is 8.91. The van der Waals surface area contributed by atoms with E-state index in [2.05, 4.69) is 10.3 Å². The number of aromatic nitrogens is 3. The van der Waals surface area contributed by atoms with E-state index >= 15 is 0 Å². The van der Waals surface area contributed by atoms with Crippen molar-refractivity contribution in [2.24, 2.45) is 0 Å². The smallest absolute Gasteiger partial charge is 0.269 e. The van der Waals surface area contributed by atoms with Crippen molar-refractivity contribution in [2.45, 2.75) is 26.3 Å². The summed E-state index contributed by atoms with van der Waals surface area (Å²) in [5, 5.41) is 8.40. The molecule has 0 amide bonds. The van der Waals surface area contributed by atoms with E-state index in [1.807, 2.05) is 20.8 Å². The van der Waals surface area contributed by atoms with Crippen molar-refractivity contribution in [1.29, 1.82) is 0 Å². The van der Waals surface area contributed by atoms with Crippen LogP contribution in [-0.2, 0) is 5.54 Å². The molecule has 0 aliphatic carbocycles. The first-order valence-electron chi connectivity index (χ1n) is 5.76. The fourth-order valence-corrected chi connectivity index (χ4v) is 1.77. The molecule has 100 valence electrons. The predicted octanol–water partition coefficient (Wildman–Crippen LogP) is 3.29. The maximum absolute atomic E-state index is 11.2. The summed E-state index contributed by atoms with van der Waals surface area (Å²) in [6.07, 6.45) is 0.686. The fourth-order valence-electron chi connectivity index (χ4n) is 1.59. The predicted molar refractivity (Wildman–Crippen MR) is 71.9 cm³/mol.